The molecule has 0 radical (unpaired) electrons. The van der Waals surface area contributed by atoms with E-state index in [2.05, 4.69) is 20.4 Å². The summed E-state index contributed by atoms with van der Waals surface area (Å²) in [5.41, 5.74) is 1.27. The third kappa shape index (κ3) is 4.59. The number of carbonyl (C=O) groups excluding carboxylic acids is 1. The first-order valence-electron chi connectivity index (χ1n) is 10.8. The molecular formula is C21H29N5O4S. The first-order chi connectivity index (χ1) is 14.9. The van der Waals surface area contributed by atoms with Gasteiger partial charge in [0.25, 0.3) is 0 Å². The normalized spacial score (nSPS) is 20.2. The molecule has 0 spiro atoms. The van der Waals surface area contributed by atoms with Gasteiger partial charge in [0.05, 0.1) is 5.92 Å². The summed E-state index contributed by atoms with van der Waals surface area (Å²) in [6, 6.07) is 3.97. The van der Waals surface area contributed by atoms with Crippen LogP contribution in [0.4, 0.5) is 5.82 Å². The maximum absolute atomic E-state index is 13.1. The van der Waals surface area contributed by atoms with Crippen LogP contribution >= 0.6 is 0 Å². The number of carbonyl (C=O) groups is 1. The highest BCUT2D eigenvalue weighted by Gasteiger charge is 2.36. The van der Waals surface area contributed by atoms with E-state index in [4.69, 9.17) is 4.52 Å². The van der Waals surface area contributed by atoms with Gasteiger partial charge < -0.3 is 14.7 Å². The van der Waals surface area contributed by atoms with E-state index in [1.165, 1.54) is 17.1 Å². The van der Waals surface area contributed by atoms with Gasteiger partial charge in [0.2, 0.25) is 15.9 Å². The molecule has 10 heteroatoms. The zero-order valence-electron chi connectivity index (χ0n) is 18.0. The van der Waals surface area contributed by atoms with Crippen LogP contribution in [0.5, 0.6) is 0 Å². The number of nitrogens with one attached hydrogen (secondary N) is 1. The predicted octanol–water partition coefficient (Wildman–Crippen LogP) is 2.00. The van der Waals surface area contributed by atoms with Crippen molar-refractivity contribution in [1.82, 2.24) is 19.8 Å². The van der Waals surface area contributed by atoms with E-state index in [1.54, 1.807) is 20.0 Å². The summed E-state index contributed by atoms with van der Waals surface area (Å²) < 4.78 is 32.5. The maximum atomic E-state index is 13.1. The molecule has 2 aromatic heterocycles. The molecule has 0 aromatic carbocycles. The number of aryl methyl sites for hydroxylation is 2. The molecule has 2 fully saturated rings. The van der Waals surface area contributed by atoms with E-state index in [1.807, 2.05) is 12.1 Å². The van der Waals surface area contributed by atoms with Gasteiger partial charge >= 0.3 is 0 Å². The van der Waals surface area contributed by atoms with Crippen molar-refractivity contribution < 1.29 is 17.7 Å². The molecule has 2 aliphatic rings. The van der Waals surface area contributed by atoms with Crippen LogP contribution in [0.15, 0.2) is 27.7 Å². The van der Waals surface area contributed by atoms with Crippen molar-refractivity contribution in [2.45, 2.75) is 51.0 Å². The smallest absolute Gasteiger partial charge is 0.248 e. The zero-order chi connectivity index (χ0) is 22.0. The maximum Gasteiger partial charge on any atom is 0.248 e. The average Bonchev–Trinajstić information content (AvgIpc) is 3.42. The van der Waals surface area contributed by atoms with Crippen LogP contribution in [0.3, 0.4) is 0 Å². The first kappa shape index (κ1) is 21.8. The lowest BCUT2D eigenvalue weighted by atomic mass is 9.99. The lowest BCUT2D eigenvalue weighted by Crippen LogP contribution is -2.45. The van der Waals surface area contributed by atoms with E-state index in [0.29, 0.717) is 31.6 Å². The minimum Gasteiger partial charge on any atom is -0.360 e. The number of piperidine rings is 1. The molecule has 2 aliphatic heterocycles. The Bertz CT molecular complexity index is 1010. The highest BCUT2D eigenvalue weighted by molar-refractivity contribution is 7.89. The van der Waals surface area contributed by atoms with Crippen LogP contribution in [0, 0.1) is 19.8 Å². The van der Waals surface area contributed by atoms with Crippen molar-refractivity contribution >= 4 is 21.7 Å². The van der Waals surface area contributed by atoms with Crippen molar-refractivity contribution in [3.8, 4) is 0 Å². The minimum atomic E-state index is -3.74. The topological polar surface area (TPSA) is 109 Å². The molecule has 4 rings (SSSR count). The third-order valence-electron chi connectivity index (χ3n) is 6.03. The fourth-order valence-corrected chi connectivity index (χ4v) is 6.15. The molecule has 0 aliphatic carbocycles. The summed E-state index contributed by atoms with van der Waals surface area (Å²) >= 11 is 0. The average molecular weight is 448 g/mol. The highest BCUT2D eigenvalue weighted by atomic mass is 32.2. The molecule has 2 aromatic rings. The van der Waals surface area contributed by atoms with E-state index >= 15 is 0 Å². The van der Waals surface area contributed by atoms with E-state index in [-0.39, 0.29) is 29.0 Å². The molecule has 0 bridgehead atoms. The summed E-state index contributed by atoms with van der Waals surface area (Å²) in [5, 5.41) is 6.70. The van der Waals surface area contributed by atoms with E-state index in [0.717, 1.165) is 24.5 Å². The molecule has 0 saturated carbocycles. The Morgan fingerprint density at radius 2 is 1.97 bits per heavy atom. The second-order valence-corrected chi connectivity index (χ2v) is 10.2. The highest BCUT2D eigenvalue weighted by Crippen LogP contribution is 2.28. The van der Waals surface area contributed by atoms with Gasteiger partial charge in [0.15, 0.2) is 5.76 Å². The van der Waals surface area contributed by atoms with Crippen LogP contribution in [-0.2, 0) is 21.4 Å². The minimum absolute atomic E-state index is 0.109. The van der Waals surface area contributed by atoms with Gasteiger partial charge in [-0.15, -0.1) is 0 Å². The van der Waals surface area contributed by atoms with Crippen LogP contribution in [0.2, 0.25) is 0 Å². The summed E-state index contributed by atoms with van der Waals surface area (Å²) in [6.07, 6.45) is 5.48. The lowest BCUT2D eigenvalue weighted by Gasteiger charge is -2.31. The molecular weight excluding hydrogens is 418 g/mol. The van der Waals surface area contributed by atoms with Gasteiger partial charge in [0, 0.05) is 38.9 Å². The lowest BCUT2D eigenvalue weighted by molar-refractivity contribution is -0.126. The number of aromatic nitrogens is 2. The van der Waals surface area contributed by atoms with Crippen molar-refractivity contribution in [2.75, 3.05) is 31.1 Å². The van der Waals surface area contributed by atoms with Gasteiger partial charge in [-0.25, -0.2) is 13.4 Å². The zero-order valence-corrected chi connectivity index (χ0v) is 18.8. The van der Waals surface area contributed by atoms with E-state index in [9.17, 15) is 13.2 Å². The van der Waals surface area contributed by atoms with Crippen molar-refractivity contribution in [3.05, 3.63) is 35.3 Å². The van der Waals surface area contributed by atoms with Crippen molar-refractivity contribution in [3.63, 3.8) is 0 Å². The number of amides is 1. The largest absolute Gasteiger partial charge is 0.360 e. The number of rotatable bonds is 6. The van der Waals surface area contributed by atoms with Crippen molar-refractivity contribution in [1.29, 1.82) is 0 Å². The van der Waals surface area contributed by atoms with E-state index < -0.39 is 10.0 Å². The molecule has 1 atom stereocenters. The van der Waals surface area contributed by atoms with Gasteiger partial charge in [0.1, 0.15) is 16.4 Å². The third-order valence-corrected chi connectivity index (χ3v) is 8.14. The number of sulfonamides is 1. The first-order valence-corrected chi connectivity index (χ1v) is 12.2. The van der Waals surface area contributed by atoms with Crippen LogP contribution in [0.25, 0.3) is 0 Å². The molecule has 1 N–H and O–H groups in total. The van der Waals surface area contributed by atoms with Crippen LogP contribution in [0.1, 0.15) is 42.7 Å². The Balaban J connectivity index is 1.35. The Hall–Kier alpha value is -2.46. The Morgan fingerprint density at radius 1 is 1.19 bits per heavy atom. The molecule has 9 nitrogen and oxygen atoms in total. The predicted molar refractivity (Wildman–Crippen MR) is 115 cm³/mol. The molecule has 31 heavy (non-hydrogen) atoms. The number of nitrogens with zero attached hydrogens (tertiary/aromatic N) is 4. The Labute approximate surface area is 182 Å². The number of hydrogen-bond donors (Lipinski definition) is 1. The molecule has 168 valence electrons. The van der Waals surface area contributed by atoms with Crippen LogP contribution in [-0.4, -0.2) is 54.9 Å². The van der Waals surface area contributed by atoms with Gasteiger partial charge in [-0.3, -0.25) is 4.79 Å². The fraction of sp³-hybridized carbons (Fsp3) is 0.571. The van der Waals surface area contributed by atoms with Gasteiger partial charge in [-0.1, -0.05) is 11.2 Å². The standard InChI is InChI=1S/C21H29N5O4S/c1-15-20(16(2)30-24-15)31(28,29)26-11-5-6-18(14-26)21(27)23-13-17-7-8-19(22-12-17)25-9-3-4-10-25/h7-8,12,18H,3-6,9-11,13-14H2,1-2H3,(H,23,27). The monoisotopic (exact) mass is 447 g/mol. The fourth-order valence-electron chi connectivity index (χ4n) is 4.33. The number of pyridine rings is 1. The second-order valence-electron chi connectivity index (χ2n) is 8.29. The Kier molecular flexibility index (Phi) is 6.29. The SMILES string of the molecule is Cc1noc(C)c1S(=O)(=O)N1CCCC(C(=O)NCc2ccc(N3CCCC3)nc2)C1. The molecule has 1 amide bonds. The summed E-state index contributed by atoms with van der Waals surface area (Å²) in [5.74, 6) is 0.720. The molecule has 4 heterocycles. The number of hydrogen-bond acceptors (Lipinski definition) is 7. The molecule has 1 unspecified atom stereocenters. The second kappa shape index (κ2) is 8.96. The summed E-state index contributed by atoms with van der Waals surface area (Å²) in [6.45, 7) is 6.20. The summed E-state index contributed by atoms with van der Waals surface area (Å²) in [7, 11) is -3.74. The van der Waals surface area contributed by atoms with Gasteiger partial charge in [-0.2, -0.15) is 4.31 Å². The molecule has 2 saturated heterocycles. The van der Waals surface area contributed by atoms with Crippen LogP contribution < -0.4 is 10.2 Å². The number of anilines is 1. The quantitative estimate of drug-likeness (QED) is 0.721. The summed E-state index contributed by atoms with van der Waals surface area (Å²) in [4.78, 5) is 19.6. The van der Waals surface area contributed by atoms with Crippen molar-refractivity contribution in [2.24, 2.45) is 5.92 Å². The van der Waals surface area contributed by atoms with Gasteiger partial charge in [-0.05, 0) is 51.2 Å². The Morgan fingerprint density at radius 3 is 2.61 bits per heavy atom.